The summed E-state index contributed by atoms with van der Waals surface area (Å²) in [6, 6.07) is 0. The van der Waals surface area contributed by atoms with Crippen molar-refractivity contribution >= 4 is 36.2 Å². The number of hydrogen-bond donors (Lipinski definition) is 1. The van der Waals surface area contributed by atoms with Gasteiger partial charge in [-0.25, -0.2) is 4.98 Å². The summed E-state index contributed by atoms with van der Waals surface area (Å²) in [5.74, 6) is 0. The number of nitrogens with zero attached hydrogens (tertiary/aromatic N) is 1. The smallest absolute Gasteiger partial charge is 0.0937 e. The molecule has 5 heteroatoms. The number of hydrogen-bond acceptors (Lipinski definition) is 3. The van der Waals surface area contributed by atoms with E-state index in [0.29, 0.717) is 6.54 Å². The highest BCUT2D eigenvalue weighted by Crippen LogP contribution is 2.02. The van der Waals surface area contributed by atoms with Crippen LogP contribution in [0.25, 0.3) is 0 Å². The standard InChI is InChI=1S/C5H8N2S.2ClH/c6-2-1-5-7-3-4-8-5;;/h3-4H,1-2,6H2;2*1H. The zero-order valence-electron chi connectivity index (χ0n) is 5.32. The van der Waals surface area contributed by atoms with Crippen LogP contribution in [-0.4, -0.2) is 11.5 Å². The SMILES string of the molecule is Cl.Cl.NCCc1nccs1. The highest BCUT2D eigenvalue weighted by Gasteiger charge is 1.89. The Bertz CT molecular complexity index is 143. The first-order valence-corrected chi connectivity index (χ1v) is 3.40. The van der Waals surface area contributed by atoms with E-state index in [-0.39, 0.29) is 24.8 Å². The van der Waals surface area contributed by atoms with Crippen LogP contribution in [0.1, 0.15) is 5.01 Å². The van der Waals surface area contributed by atoms with Crippen LogP contribution in [0, 0.1) is 0 Å². The highest BCUT2D eigenvalue weighted by molar-refractivity contribution is 7.09. The normalized spacial score (nSPS) is 7.70. The zero-order chi connectivity index (χ0) is 5.82. The van der Waals surface area contributed by atoms with E-state index in [9.17, 15) is 0 Å². The fourth-order valence-electron chi connectivity index (χ4n) is 0.500. The lowest BCUT2D eigenvalue weighted by Gasteiger charge is -1.84. The Balaban J connectivity index is 0. The number of rotatable bonds is 2. The largest absolute Gasteiger partial charge is 0.330 e. The van der Waals surface area contributed by atoms with E-state index in [4.69, 9.17) is 5.73 Å². The molecule has 2 nitrogen and oxygen atoms in total. The highest BCUT2D eigenvalue weighted by atomic mass is 35.5. The predicted octanol–water partition coefficient (Wildman–Crippen LogP) is 1.49. The van der Waals surface area contributed by atoms with Gasteiger partial charge in [0.1, 0.15) is 0 Å². The summed E-state index contributed by atoms with van der Waals surface area (Å²) in [4.78, 5) is 4.04. The minimum Gasteiger partial charge on any atom is -0.330 e. The Hall–Kier alpha value is 0.170. The van der Waals surface area contributed by atoms with Crippen molar-refractivity contribution in [2.45, 2.75) is 6.42 Å². The van der Waals surface area contributed by atoms with E-state index in [2.05, 4.69) is 4.98 Å². The lowest BCUT2D eigenvalue weighted by atomic mass is 10.5. The number of halogens is 2. The molecule has 60 valence electrons. The molecule has 0 saturated heterocycles. The predicted molar refractivity (Wildman–Crippen MR) is 49.4 cm³/mol. The summed E-state index contributed by atoms with van der Waals surface area (Å²) in [6.45, 7) is 0.702. The van der Waals surface area contributed by atoms with E-state index < -0.39 is 0 Å². The summed E-state index contributed by atoms with van der Waals surface area (Å²) in [5, 5.41) is 3.10. The molecule has 1 aromatic heterocycles. The van der Waals surface area contributed by atoms with Crippen LogP contribution in [0.5, 0.6) is 0 Å². The first-order chi connectivity index (χ1) is 3.93. The number of thiazole rings is 1. The van der Waals surface area contributed by atoms with E-state index in [0.717, 1.165) is 11.4 Å². The third-order valence-electron chi connectivity index (χ3n) is 0.842. The molecular weight excluding hydrogens is 191 g/mol. The summed E-state index contributed by atoms with van der Waals surface area (Å²) in [7, 11) is 0. The third kappa shape index (κ3) is 4.06. The van der Waals surface area contributed by atoms with Gasteiger partial charge in [0.2, 0.25) is 0 Å². The molecule has 0 saturated carbocycles. The molecule has 1 heterocycles. The molecule has 1 rings (SSSR count). The van der Waals surface area contributed by atoms with Crippen LogP contribution < -0.4 is 5.73 Å². The van der Waals surface area contributed by atoms with Gasteiger partial charge in [-0.3, -0.25) is 0 Å². The van der Waals surface area contributed by atoms with E-state index >= 15 is 0 Å². The van der Waals surface area contributed by atoms with Gasteiger partial charge in [-0.1, -0.05) is 0 Å². The molecule has 10 heavy (non-hydrogen) atoms. The topological polar surface area (TPSA) is 38.9 Å². The second kappa shape index (κ2) is 7.28. The molecule has 0 unspecified atom stereocenters. The van der Waals surface area contributed by atoms with E-state index in [1.165, 1.54) is 0 Å². The van der Waals surface area contributed by atoms with Gasteiger partial charge in [0.05, 0.1) is 5.01 Å². The van der Waals surface area contributed by atoms with Crippen LogP contribution >= 0.6 is 36.2 Å². The van der Waals surface area contributed by atoms with Gasteiger partial charge in [-0.05, 0) is 6.54 Å². The van der Waals surface area contributed by atoms with Crippen molar-refractivity contribution in [1.29, 1.82) is 0 Å². The maximum atomic E-state index is 5.29. The van der Waals surface area contributed by atoms with Crippen molar-refractivity contribution in [3.8, 4) is 0 Å². The van der Waals surface area contributed by atoms with Gasteiger partial charge in [-0.2, -0.15) is 0 Å². The molecule has 0 aromatic carbocycles. The van der Waals surface area contributed by atoms with Gasteiger partial charge < -0.3 is 5.73 Å². The number of nitrogens with two attached hydrogens (primary N) is 1. The van der Waals surface area contributed by atoms with Crippen LogP contribution in [0.3, 0.4) is 0 Å². The Morgan fingerprint density at radius 2 is 2.20 bits per heavy atom. The molecule has 0 amide bonds. The minimum atomic E-state index is 0. The molecule has 0 aliphatic heterocycles. The quantitative estimate of drug-likeness (QED) is 0.787. The summed E-state index contributed by atoms with van der Waals surface area (Å²) >= 11 is 1.66. The Morgan fingerprint density at radius 1 is 1.50 bits per heavy atom. The van der Waals surface area contributed by atoms with Crippen molar-refractivity contribution in [3.63, 3.8) is 0 Å². The van der Waals surface area contributed by atoms with Gasteiger partial charge >= 0.3 is 0 Å². The van der Waals surface area contributed by atoms with Crippen LogP contribution in [-0.2, 0) is 6.42 Å². The Morgan fingerprint density at radius 3 is 2.60 bits per heavy atom. The molecule has 2 N–H and O–H groups in total. The molecule has 0 atom stereocenters. The maximum absolute atomic E-state index is 5.29. The molecule has 0 aliphatic carbocycles. The zero-order valence-corrected chi connectivity index (χ0v) is 7.77. The summed E-state index contributed by atoms with van der Waals surface area (Å²) in [5.41, 5.74) is 5.29. The van der Waals surface area contributed by atoms with Crippen molar-refractivity contribution in [2.75, 3.05) is 6.54 Å². The molecule has 0 radical (unpaired) electrons. The second-order valence-corrected chi connectivity index (χ2v) is 2.44. The molecule has 0 fully saturated rings. The van der Waals surface area contributed by atoms with E-state index in [1.54, 1.807) is 17.5 Å². The maximum Gasteiger partial charge on any atom is 0.0937 e. The van der Waals surface area contributed by atoms with Crippen molar-refractivity contribution in [3.05, 3.63) is 16.6 Å². The lowest BCUT2D eigenvalue weighted by Crippen LogP contribution is -2.01. The Labute approximate surface area is 76.7 Å². The first-order valence-electron chi connectivity index (χ1n) is 2.52. The number of aromatic nitrogens is 1. The molecule has 1 aromatic rings. The first kappa shape index (κ1) is 12.8. The average Bonchev–Trinajstić information content (AvgIpc) is 2.19. The van der Waals surface area contributed by atoms with Crippen LogP contribution in [0.4, 0.5) is 0 Å². The van der Waals surface area contributed by atoms with Crippen molar-refractivity contribution < 1.29 is 0 Å². The molecule has 0 bridgehead atoms. The van der Waals surface area contributed by atoms with Gasteiger partial charge in [0.15, 0.2) is 0 Å². The monoisotopic (exact) mass is 200 g/mol. The molecule has 0 spiro atoms. The second-order valence-electron chi connectivity index (χ2n) is 1.46. The summed E-state index contributed by atoms with van der Waals surface area (Å²) in [6.07, 6.45) is 2.72. The average molecular weight is 201 g/mol. The van der Waals surface area contributed by atoms with Crippen LogP contribution in [0.15, 0.2) is 11.6 Å². The summed E-state index contributed by atoms with van der Waals surface area (Å²) < 4.78 is 0. The van der Waals surface area contributed by atoms with Gasteiger partial charge in [0.25, 0.3) is 0 Å². The lowest BCUT2D eigenvalue weighted by molar-refractivity contribution is 0.953. The fraction of sp³-hybridized carbons (Fsp3) is 0.400. The van der Waals surface area contributed by atoms with E-state index in [1.807, 2.05) is 5.38 Å². The molecular formula is C5H10Cl2N2S. The molecule has 0 aliphatic rings. The van der Waals surface area contributed by atoms with Gasteiger partial charge in [-0.15, -0.1) is 36.2 Å². The van der Waals surface area contributed by atoms with Crippen molar-refractivity contribution in [1.82, 2.24) is 4.98 Å². The van der Waals surface area contributed by atoms with Gasteiger partial charge in [0, 0.05) is 18.0 Å². The van der Waals surface area contributed by atoms with Crippen LogP contribution in [0.2, 0.25) is 0 Å². The Kier molecular flexibility index (Phi) is 9.33. The minimum absolute atomic E-state index is 0. The third-order valence-corrected chi connectivity index (χ3v) is 1.68. The van der Waals surface area contributed by atoms with Crippen molar-refractivity contribution in [2.24, 2.45) is 5.73 Å². The fourth-order valence-corrected chi connectivity index (χ4v) is 1.14.